The van der Waals surface area contributed by atoms with Crippen LogP contribution in [0.25, 0.3) is 4.85 Å². The van der Waals surface area contributed by atoms with E-state index in [1.807, 2.05) is 112 Å². The molecule has 12 aliphatic heterocycles. The van der Waals surface area contributed by atoms with Crippen LogP contribution in [0.15, 0.2) is 91.0 Å². The average Bonchev–Trinajstić information content (AvgIpc) is 1.63. The quantitative estimate of drug-likeness (QED) is 0.0249. The van der Waals surface area contributed by atoms with Gasteiger partial charge in [-0.15, -0.1) is 0 Å². The van der Waals surface area contributed by atoms with E-state index in [1.165, 1.54) is 19.8 Å². The van der Waals surface area contributed by atoms with Gasteiger partial charge in [-0.1, -0.05) is 105 Å². The molecule has 12 bridgehead atoms. The molecule has 12 fully saturated rings. The summed E-state index contributed by atoms with van der Waals surface area (Å²) in [5.74, 6) is 0. The second-order valence-electron chi connectivity index (χ2n) is 25.9. The molecule has 37 heteroatoms. The molecule has 7 unspecified atom stereocenters. The summed E-state index contributed by atoms with van der Waals surface area (Å²) in [4.78, 5) is 3.21. The van der Waals surface area contributed by atoms with Crippen LogP contribution >= 0.6 is 8.38 Å². The molecule has 108 heavy (non-hydrogen) atoms. The van der Waals surface area contributed by atoms with Crippen LogP contribution in [0.3, 0.4) is 0 Å². The predicted octanol–water partition coefficient (Wildman–Crippen LogP) is 5.79. The van der Waals surface area contributed by atoms with E-state index >= 15 is 0 Å². The number of alkyl halides is 5. The SMILES string of the molecule is CC[C@]12O[CH-][C@H](OC1CF)[C@@H]2O.CO[C@H]1[C@@H]2[CH-]O[C@@]1(COCc1ccccc1)C(CF)O2.CO[C@H]1[C@@H]2[CH-]O[C@@]1(COCc1ccccc1)C(CO)O2.OC[C@]12O[CH-][C@H](OC1CF)[C@@H]2O.O[C@H]1[C@@H]2[CH-]O[C@@]1(COCc1ccccc1)C(CF)O2.[C-]#[N+]CCOP(C)O[C@H]1[C@@H]2[CH-]O[C@@]1(CC)C(CF)O2.[U].[U].[U].[U].[U].[U]. The van der Waals surface area contributed by atoms with Gasteiger partial charge >= 0.3 is 0 Å². The Morgan fingerprint density at radius 1 is 0.435 bits per heavy atom. The Labute approximate surface area is 771 Å². The molecule has 12 saturated heterocycles. The van der Waals surface area contributed by atoms with Crippen LogP contribution in [-0.2, 0) is 109 Å². The van der Waals surface area contributed by atoms with E-state index in [0.717, 1.165) is 16.7 Å². The third-order valence-corrected chi connectivity index (χ3v) is 21.4. The fourth-order valence-electron chi connectivity index (χ4n) is 14.6. The number of halogens is 5. The van der Waals surface area contributed by atoms with Crippen LogP contribution in [0.4, 0.5) is 22.0 Å². The van der Waals surface area contributed by atoms with Gasteiger partial charge in [0.25, 0.3) is 0 Å². The second kappa shape index (κ2) is 48.9. The molecule has 0 amide bonds. The minimum absolute atomic E-state index is 0. The van der Waals surface area contributed by atoms with Crippen molar-refractivity contribution in [1.82, 2.24) is 0 Å². The number of hydrogen-bond donors (Lipinski definition) is 5. The zero-order chi connectivity index (χ0) is 72.7. The molecule has 3 aromatic carbocycles. The van der Waals surface area contributed by atoms with E-state index in [2.05, 4.69) is 4.85 Å². The molecule has 0 radical (unpaired) electrons. The van der Waals surface area contributed by atoms with Crippen molar-refractivity contribution in [3.8, 4) is 0 Å². The van der Waals surface area contributed by atoms with Crippen molar-refractivity contribution in [2.45, 2.75) is 190 Å². The van der Waals surface area contributed by atoms with Crippen molar-refractivity contribution >= 4 is 8.38 Å². The van der Waals surface area contributed by atoms with Crippen molar-refractivity contribution in [2.24, 2.45) is 0 Å². The molecule has 12 heterocycles. The van der Waals surface area contributed by atoms with Gasteiger partial charge in [0.05, 0.1) is 101 Å². The van der Waals surface area contributed by atoms with Crippen molar-refractivity contribution in [2.75, 3.05) is 100 Å². The molecule has 0 spiro atoms. The maximum Gasteiger partial charge on any atom is 0.238 e. The summed E-state index contributed by atoms with van der Waals surface area (Å²) in [5.41, 5.74) is -2.37. The van der Waals surface area contributed by atoms with E-state index in [4.69, 9.17) is 101 Å². The van der Waals surface area contributed by atoms with Gasteiger partial charge in [-0.3, -0.25) is 0 Å². The monoisotopic (exact) mass is 2900 g/mol. The van der Waals surface area contributed by atoms with Gasteiger partial charge < -0.3 is 120 Å². The second-order valence-corrected chi connectivity index (χ2v) is 27.2. The summed E-state index contributed by atoms with van der Waals surface area (Å²) in [6, 6.07) is 29.4. The number of aliphatic hydroxyl groups excluding tert-OH is 5. The van der Waals surface area contributed by atoms with Crippen molar-refractivity contribution < 1.29 is 324 Å². The molecule has 596 valence electrons. The molecule has 0 saturated carbocycles. The van der Waals surface area contributed by atoms with Crippen molar-refractivity contribution in [3.05, 3.63) is 159 Å². The third-order valence-electron chi connectivity index (χ3n) is 20.3. The number of methoxy groups -OCH3 is 2. The standard InChI is InChI=1S/C15H18FO4.C15H19O5.C14H16FO4.C12H18FNO4P.C8H12FO3.C7H10FO4.6U/c2*1-17-14-12-9-19-15(14,13(7-16)20-12)10-18-8-11-5-3-2-4-6-11;15-6-12-14(13(16)11(19-12)8-18-14)9-17-7-10-4-2-1-3-5-10;1-4-12-10(7-13)17-9(8-15-12)11(12)18-19(3)16-6-5-14-2;1-2-8-6(3-9)12-5(4-11-8)7(8)10;8-1-5-7(3-9)6(10)4(12-5)2-11-7;;;;;;/h2-6,9,12-14H,7-8,10H2,1H3;2-6,9,12-14,16H,7-8,10H2,1H3;1-5,8,11-13,16H,6-7,9H2;8-11H,4-7H2,1,3H3;4-7,10H,2-3H2,1H3;2,4-6,9-10H,1,3H2;;;;;;/q6*-1;;;;;;/t2*12-,13?,14-,15-;11-,12?,13-,14-;9-,10?,11-,12-,19?;5-,6?,7-,8-;4-,5?,6-,7-;;;;;;/m000000....../s1. The van der Waals surface area contributed by atoms with Crippen LogP contribution in [0, 0.1) is 233 Å². The molecular formula is C71H93F5NO24PU6-6. The molecule has 3 aromatic rings. The van der Waals surface area contributed by atoms with Gasteiger partial charge in [0.2, 0.25) is 6.54 Å². The number of nitrogens with zero attached hydrogens (tertiary/aromatic N) is 1. The Bertz CT molecular complexity index is 2940. The molecule has 0 aliphatic carbocycles. The minimum Gasteiger partial charge on any atom is -0.541 e. The first-order valence-corrected chi connectivity index (χ1v) is 35.5. The molecule has 25 nitrogen and oxygen atoms in total. The van der Waals surface area contributed by atoms with Crippen LogP contribution in [-0.4, -0.2) is 269 Å². The number of rotatable bonds is 28. The van der Waals surface area contributed by atoms with Gasteiger partial charge in [0, 0.05) is 208 Å². The Morgan fingerprint density at radius 3 is 1.09 bits per heavy atom. The van der Waals surface area contributed by atoms with E-state index in [9.17, 15) is 42.4 Å². The summed E-state index contributed by atoms with van der Waals surface area (Å²) in [6.45, 7) is 20.1. The Hall–Kier alpha value is 2.58. The summed E-state index contributed by atoms with van der Waals surface area (Å²) < 4.78 is 168. The van der Waals surface area contributed by atoms with Gasteiger partial charge in [0.1, 0.15) is 99.0 Å². The largest absolute Gasteiger partial charge is 0.541 e. The number of aliphatic hydroxyl groups is 5. The Kier molecular flexibility index (Phi) is 46.6. The zero-order valence-electron chi connectivity index (χ0n) is 60.3. The van der Waals surface area contributed by atoms with Gasteiger partial charge in [-0.2, -0.15) is 39.6 Å². The first kappa shape index (κ1) is 103. The minimum atomic E-state index is -1.26. The van der Waals surface area contributed by atoms with Crippen LogP contribution in [0.5, 0.6) is 0 Å². The van der Waals surface area contributed by atoms with Gasteiger partial charge in [-0.05, 0) is 66.2 Å². The fourth-order valence-corrected chi connectivity index (χ4v) is 15.6. The number of benzene rings is 3. The van der Waals surface area contributed by atoms with Gasteiger partial charge in [-0.25, -0.2) is 28.5 Å². The average molecular weight is 2900 g/mol. The normalized spacial score (nSPS) is 37.9. The zero-order valence-corrected chi connectivity index (χ0v) is 86.2. The van der Waals surface area contributed by atoms with E-state index in [1.54, 1.807) is 34.0 Å². The predicted molar refractivity (Wildman–Crippen MR) is 348 cm³/mol. The smallest absolute Gasteiger partial charge is 0.238 e. The Morgan fingerprint density at radius 2 is 0.741 bits per heavy atom. The third kappa shape index (κ3) is 22.3. The molecule has 12 aliphatic rings. The van der Waals surface area contributed by atoms with E-state index < -0.39 is 155 Å². The molecule has 25 atom stereocenters. The maximum atomic E-state index is 13.1. The summed E-state index contributed by atoms with van der Waals surface area (Å²) in [7, 11) is 2.08. The summed E-state index contributed by atoms with van der Waals surface area (Å²) in [6.07, 6.45) is -8.60. The molecular weight excluding hydrogens is 2800 g/mol. The van der Waals surface area contributed by atoms with E-state index in [0.29, 0.717) is 52.4 Å². The Balaban J connectivity index is 0.000000273. The number of fused-ring (bicyclic) bond motifs is 12. The number of hydrogen-bond acceptors (Lipinski definition) is 24. The number of ether oxygens (including phenoxy) is 17. The maximum absolute atomic E-state index is 13.1. The first-order valence-electron chi connectivity index (χ1n) is 33.8. The van der Waals surface area contributed by atoms with Gasteiger partial charge in [0.15, 0.2) is 8.38 Å². The molecule has 15 rings (SSSR count). The van der Waals surface area contributed by atoms with E-state index in [-0.39, 0.29) is 243 Å². The first-order chi connectivity index (χ1) is 49.5. The van der Waals surface area contributed by atoms with Crippen LogP contribution in [0.2, 0.25) is 0 Å². The molecule has 0 aromatic heterocycles. The summed E-state index contributed by atoms with van der Waals surface area (Å²) in [5, 5.41) is 47.6. The van der Waals surface area contributed by atoms with Crippen LogP contribution in [0.1, 0.15) is 43.4 Å². The van der Waals surface area contributed by atoms with Crippen molar-refractivity contribution in [3.63, 3.8) is 0 Å². The molecule has 5 N–H and O–H groups in total. The van der Waals surface area contributed by atoms with Crippen molar-refractivity contribution in [1.29, 1.82) is 0 Å². The van der Waals surface area contributed by atoms with Crippen LogP contribution < -0.4 is 0 Å². The topological polar surface area (TPSA) is 281 Å². The summed E-state index contributed by atoms with van der Waals surface area (Å²) >= 11 is 0. The fraction of sp³-hybridized carbons (Fsp3) is 0.648.